The molecule has 0 aliphatic rings. The number of aliphatic carboxylic acids is 1. The van der Waals surface area contributed by atoms with Crippen LogP contribution in [0.1, 0.15) is 0 Å². The third-order valence-corrected chi connectivity index (χ3v) is 2.01. The molecule has 0 fully saturated rings. The molecule has 1 aromatic rings. The zero-order chi connectivity index (χ0) is 10.7. The SMILES string of the molecule is CN(CC(=O)O)c1ccc(F)c(Cl)c1. The minimum Gasteiger partial charge on any atom is -0.480 e. The van der Waals surface area contributed by atoms with Gasteiger partial charge in [-0.15, -0.1) is 0 Å². The molecule has 14 heavy (non-hydrogen) atoms. The summed E-state index contributed by atoms with van der Waals surface area (Å²) < 4.78 is 12.8. The minimum absolute atomic E-state index is 0.0141. The Labute approximate surface area is 85.7 Å². The van der Waals surface area contributed by atoms with E-state index in [4.69, 9.17) is 16.7 Å². The van der Waals surface area contributed by atoms with Gasteiger partial charge in [0.1, 0.15) is 12.4 Å². The normalized spacial score (nSPS) is 9.93. The number of carboxylic acid groups (broad SMARTS) is 1. The molecule has 0 unspecified atom stereocenters. The van der Waals surface area contributed by atoms with Crippen LogP contribution in [0.25, 0.3) is 0 Å². The number of carboxylic acids is 1. The number of likely N-dealkylation sites (N-methyl/N-ethyl adjacent to an activating group) is 1. The summed E-state index contributed by atoms with van der Waals surface area (Å²) in [6, 6.07) is 4.07. The average molecular weight is 218 g/mol. The summed E-state index contributed by atoms with van der Waals surface area (Å²) in [5.41, 5.74) is 0.568. The van der Waals surface area contributed by atoms with Gasteiger partial charge in [0, 0.05) is 12.7 Å². The summed E-state index contributed by atoms with van der Waals surface area (Å²) >= 11 is 5.55. The van der Waals surface area contributed by atoms with Crippen LogP contribution in [-0.4, -0.2) is 24.7 Å². The molecule has 0 amide bonds. The van der Waals surface area contributed by atoms with Gasteiger partial charge in [0.15, 0.2) is 0 Å². The molecule has 0 spiro atoms. The third kappa shape index (κ3) is 2.60. The zero-order valence-electron chi connectivity index (χ0n) is 7.50. The highest BCUT2D eigenvalue weighted by Gasteiger charge is 2.07. The lowest BCUT2D eigenvalue weighted by Crippen LogP contribution is -2.24. The van der Waals surface area contributed by atoms with Crippen LogP contribution in [-0.2, 0) is 4.79 Å². The zero-order valence-corrected chi connectivity index (χ0v) is 8.25. The van der Waals surface area contributed by atoms with Crippen molar-refractivity contribution < 1.29 is 14.3 Å². The van der Waals surface area contributed by atoms with Crippen LogP contribution in [0.3, 0.4) is 0 Å². The second-order valence-electron chi connectivity index (χ2n) is 2.85. The van der Waals surface area contributed by atoms with Gasteiger partial charge in [0.2, 0.25) is 0 Å². The Morgan fingerprint density at radius 1 is 1.64 bits per heavy atom. The summed E-state index contributed by atoms with van der Waals surface area (Å²) in [7, 11) is 1.59. The molecular formula is C9H9ClFNO2. The topological polar surface area (TPSA) is 40.5 Å². The Kier molecular flexibility index (Phi) is 3.30. The van der Waals surface area contributed by atoms with E-state index < -0.39 is 11.8 Å². The first-order valence-corrected chi connectivity index (χ1v) is 4.26. The Morgan fingerprint density at radius 3 is 2.79 bits per heavy atom. The van der Waals surface area contributed by atoms with Gasteiger partial charge >= 0.3 is 5.97 Å². The second kappa shape index (κ2) is 4.28. The summed E-state index contributed by atoms with van der Waals surface area (Å²) in [5, 5.41) is 8.51. The van der Waals surface area contributed by atoms with Crippen molar-refractivity contribution in [2.75, 3.05) is 18.5 Å². The maximum absolute atomic E-state index is 12.8. The van der Waals surface area contributed by atoms with Crippen molar-refractivity contribution >= 4 is 23.3 Å². The lowest BCUT2D eigenvalue weighted by atomic mass is 10.3. The summed E-state index contributed by atoms with van der Waals surface area (Å²) in [6.45, 7) is -0.151. The standard InChI is InChI=1S/C9H9ClFNO2/c1-12(5-9(13)14)6-2-3-8(11)7(10)4-6/h2-4H,5H2,1H3,(H,13,14). The molecule has 76 valence electrons. The van der Waals surface area contributed by atoms with Gasteiger partial charge in [0.05, 0.1) is 5.02 Å². The molecular weight excluding hydrogens is 209 g/mol. The van der Waals surface area contributed by atoms with Crippen molar-refractivity contribution in [1.82, 2.24) is 0 Å². The smallest absolute Gasteiger partial charge is 0.323 e. The lowest BCUT2D eigenvalue weighted by molar-refractivity contribution is -0.135. The third-order valence-electron chi connectivity index (χ3n) is 1.72. The fourth-order valence-corrected chi connectivity index (χ4v) is 1.19. The monoisotopic (exact) mass is 217 g/mol. The molecule has 1 rings (SSSR count). The highest BCUT2D eigenvalue weighted by Crippen LogP contribution is 2.21. The predicted octanol–water partition coefficient (Wildman–Crippen LogP) is 2.00. The lowest BCUT2D eigenvalue weighted by Gasteiger charge is -2.16. The van der Waals surface area contributed by atoms with E-state index >= 15 is 0 Å². The van der Waals surface area contributed by atoms with Crippen molar-refractivity contribution in [3.8, 4) is 0 Å². The number of hydrogen-bond acceptors (Lipinski definition) is 2. The van der Waals surface area contributed by atoms with Gasteiger partial charge < -0.3 is 10.0 Å². The molecule has 1 aromatic carbocycles. The first-order valence-electron chi connectivity index (χ1n) is 3.88. The average Bonchev–Trinajstić information content (AvgIpc) is 2.08. The van der Waals surface area contributed by atoms with Crippen LogP contribution >= 0.6 is 11.6 Å². The van der Waals surface area contributed by atoms with Crippen molar-refractivity contribution in [2.45, 2.75) is 0 Å². The first-order chi connectivity index (χ1) is 6.50. The fraction of sp³-hybridized carbons (Fsp3) is 0.222. The van der Waals surface area contributed by atoms with Crippen LogP contribution < -0.4 is 4.90 Å². The van der Waals surface area contributed by atoms with Gasteiger partial charge in [-0.1, -0.05) is 11.6 Å². The molecule has 0 aliphatic heterocycles. The van der Waals surface area contributed by atoms with E-state index in [1.165, 1.54) is 23.1 Å². The number of carbonyl (C=O) groups is 1. The van der Waals surface area contributed by atoms with E-state index in [-0.39, 0.29) is 11.6 Å². The Hall–Kier alpha value is -1.29. The van der Waals surface area contributed by atoms with Gasteiger partial charge in [-0.2, -0.15) is 0 Å². The number of halogens is 2. The second-order valence-corrected chi connectivity index (χ2v) is 3.26. The quantitative estimate of drug-likeness (QED) is 0.842. The first kappa shape index (κ1) is 10.8. The number of rotatable bonds is 3. The van der Waals surface area contributed by atoms with Gasteiger partial charge in [0.25, 0.3) is 0 Å². The van der Waals surface area contributed by atoms with E-state index in [1.54, 1.807) is 7.05 Å². The molecule has 5 heteroatoms. The molecule has 0 saturated carbocycles. The number of nitrogens with zero attached hydrogens (tertiary/aromatic N) is 1. The molecule has 0 heterocycles. The maximum atomic E-state index is 12.8. The van der Waals surface area contributed by atoms with Crippen LogP contribution in [0.4, 0.5) is 10.1 Å². The Balaban J connectivity index is 2.85. The molecule has 3 nitrogen and oxygen atoms in total. The molecule has 0 bridgehead atoms. The molecule has 1 N–H and O–H groups in total. The van der Waals surface area contributed by atoms with E-state index in [9.17, 15) is 9.18 Å². The van der Waals surface area contributed by atoms with Crippen LogP contribution in [0.2, 0.25) is 5.02 Å². The van der Waals surface area contributed by atoms with Crippen LogP contribution in [0.15, 0.2) is 18.2 Å². The number of anilines is 1. The van der Waals surface area contributed by atoms with Gasteiger partial charge in [-0.25, -0.2) is 4.39 Å². The molecule has 0 radical (unpaired) electrons. The van der Waals surface area contributed by atoms with Gasteiger partial charge in [-0.05, 0) is 18.2 Å². The molecule has 0 aromatic heterocycles. The summed E-state index contributed by atoms with van der Waals surface area (Å²) in [6.07, 6.45) is 0. The van der Waals surface area contributed by atoms with Crippen LogP contribution in [0, 0.1) is 5.82 Å². The summed E-state index contributed by atoms with van der Waals surface area (Å²) in [5.74, 6) is -1.47. The van der Waals surface area contributed by atoms with Crippen molar-refractivity contribution in [2.24, 2.45) is 0 Å². The highest BCUT2D eigenvalue weighted by atomic mass is 35.5. The van der Waals surface area contributed by atoms with E-state index in [2.05, 4.69) is 0 Å². The van der Waals surface area contributed by atoms with Crippen molar-refractivity contribution in [3.05, 3.63) is 29.0 Å². The summed E-state index contributed by atoms with van der Waals surface area (Å²) in [4.78, 5) is 11.9. The highest BCUT2D eigenvalue weighted by molar-refractivity contribution is 6.31. The molecule has 0 aliphatic carbocycles. The van der Waals surface area contributed by atoms with Crippen molar-refractivity contribution in [3.63, 3.8) is 0 Å². The van der Waals surface area contributed by atoms with Gasteiger partial charge in [-0.3, -0.25) is 4.79 Å². The van der Waals surface area contributed by atoms with E-state index in [0.29, 0.717) is 5.69 Å². The largest absolute Gasteiger partial charge is 0.480 e. The minimum atomic E-state index is -0.951. The molecule has 0 saturated heterocycles. The van der Waals surface area contributed by atoms with Crippen LogP contribution in [0.5, 0.6) is 0 Å². The van der Waals surface area contributed by atoms with E-state index in [0.717, 1.165) is 0 Å². The number of benzene rings is 1. The predicted molar refractivity (Wildman–Crippen MR) is 52.3 cm³/mol. The molecule has 0 atom stereocenters. The van der Waals surface area contributed by atoms with Crippen molar-refractivity contribution in [1.29, 1.82) is 0 Å². The fourth-order valence-electron chi connectivity index (χ4n) is 1.02. The Morgan fingerprint density at radius 2 is 2.29 bits per heavy atom. The van der Waals surface area contributed by atoms with E-state index in [1.807, 2.05) is 0 Å². The Bertz CT molecular complexity index is 357. The maximum Gasteiger partial charge on any atom is 0.323 e. The number of hydrogen-bond donors (Lipinski definition) is 1.